The van der Waals surface area contributed by atoms with Gasteiger partial charge in [0.25, 0.3) is 0 Å². The summed E-state index contributed by atoms with van der Waals surface area (Å²) < 4.78 is 0. The first kappa shape index (κ1) is 11.5. The molecule has 0 aromatic carbocycles. The Morgan fingerprint density at radius 3 is 2.64 bits per heavy atom. The molecule has 0 radical (unpaired) electrons. The van der Waals surface area contributed by atoms with E-state index in [4.69, 9.17) is 0 Å². The zero-order valence-electron chi connectivity index (χ0n) is 10.0. The summed E-state index contributed by atoms with van der Waals surface area (Å²) in [5.74, 6) is 2.36. The number of hydrogen-bond acceptors (Lipinski definition) is 1. The number of nitrogens with zero attached hydrogens (tertiary/aromatic N) is 1. The van der Waals surface area contributed by atoms with E-state index in [0.717, 1.165) is 36.3 Å². The molecule has 0 saturated carbocycles. The van der Waals surface area contributed by atoms with Crippen LogP contribution in [0.3, 0.4) is 0 Å². The van der Waals surface area contributed by atoms with Crippen LogP contribution >= 0.6 is 0 Å². The first-order valence-electron chi connectivity index (χ1n) is 5.70. The zero-order valence-corrected chi connectivity index (χ0v) is 10.0. The third-order valence-electron chi connectivity index (χ3n) is 3.10. The molecule has 1 heteroatoms. The predicted molar refractivity (Wildman–Crippen MR) is 63.8 cm³/mol. The summed E-state index contributed by atoms with van der Waals surface area (Å²) in [5.41, 5.74) is 2.40. The van der Waals surface area contributed by atoms with Crippen molar-refractivity contribution >= 4 is 5.71 Å². The van der Waals surface area contributed by atoms with Crippen LogP contribution in [0.4, 0.5) is 0 Å². The first-order valence-corrected chi connectivity index (χ1v) is 5.70. The van der Waals surface area contributed by atoms with Gasteiger partial charge in [-0.25, -0.2) is 0 Å². The molecule has 0 spiro atoms. The van der Waals surface area contributed by atoms with E-state index in [-0.39, 0.29) is 0 Å². The molecule has 1 heterocycles. The van der Waals surface area contributed by atoms with Crippen molar-refractivity contribution in [1.29, 1.82) is 0 Å². The Kier molecular flexibility index (Phi) is 3.91. The van der Waals surface area contributed by atoms with Gasteiger partial charge >= 0.3 is 0 Å². The molecule has 2 atom stereocenters. The zero-order chi connectivity index (χ0) is 10.7. The Morgan fingerprint density at radius 1 is 1.57 bits per heavy atom. The van der Waals surface area contributed by atoms with E-state index in [1.54, 1.807) is 0 Å². The van der Waals surface area contributed by atoms with Crippen molar-refractivity contribution in [2.24, 2.45) is 22.7 Å². The SMILES string of the molecule is C=C(C)C1=NCC(CC(C)C)C(C)C1. The Balaban J connectivity index is 2.58. The van der Waals surface area contributed by atoms with Crippen molar-refractivity contribution < 1.29 is 0 Å². The van der Waals surface area contributed by atoms with Gasteiger partial charge in [0.2, 0.25) is 0 Å². The van der Waals surface area contributed by atoms with Gasteiger partial charge in [0.15, 0.2) is 0 Å². The molecular formula is C13H23N. The summed E-state index contributed by atoms with van der Waals surface area (Å²) in [6.07, 6.45) is 2.45. The van der Waals surface area contributed by atoms with Crippen LogP contribution < -0.4 is 0 Å². The Morgan fingerprint density at radius 2 is 2.21 bits per heavy atom. The molecular weight excluding hydrogens is 170 g/mol. The molecule has 0 saturated heterocycles. The van der Waals surface area contributed by atoms with Gasteiger partial charge in [-0.05, 0) is 43.1 Å². The van der Waals surface area contributed by atoms with E-state index >= 15 is 0 Å². The lowest BCUT2D eigenvalue weighted by atomic mass is 9.81. The van der Waals surface area contributed by atoms with Crippen LogP contribution in [0.1, 0.15) is 40.5 Å². The van der Waals surface area contributed by atoms with Crippen molar-refractivity contribution in [3.63, 3.8) is 0 Å². The molecule has 0 aromatic rings. The van der Waals surface area contributed by atoms with Crippen molar-refractivity contribution in [3.8, 4) is 0 Å². The third-order valence-corrected chi connectivity index (χ3v) is 3.10. The highest BCUT2D eigenvalue weighted by Crippen LogP contribution is 2.28. The molecule has 0 amide bonds. The van der Waals surface area contributed by atoms with E-state index in [0.29, 0.717) is 0 Å². The monoisotopic (exact) mass is 193 g/mol. The van der Waals surface area contributed by atoms with Gasteiger partial charge in [-0.15, -0.1) is 0 Å². The quantitative estimate of drug-likeness (QED) is 0.648. The summed E-state index contributed by atoms with van der Waals surface area (Å²) >= 11 is 0. The van der Waals surface area contributed by atoms with E-state index in [9.17, 15) is 0 Å². The number of aliphatic imine (C=N–C) groups is 1. The van der Waals surface area contributed by atoms with Crippen molar-refractivity contribution in [2.75, 3.05) is 6.54 Å². The van der Waals surface area contributed by atoms with Crippen LogP contribution in [0.2, 0.25) is 0 Å². The smallest absolute Gasteiger partial charge is 0.0423 e. The van der Waals surface area contributed by atoms with E-state index in [1.165, 1.54) is 12.1 Å². The molecule has 1 aliphatic heterocycles. The minimum Gasteiger partial charge on any atom is -0.289 e. The first-order chi connectivity index (χ1) is 6.50. The summed E-state index contributed by atoms with van der Waals surface area (Å²) in [6.45, 7) is 14.0. The van der Waals surface area contributed by atoms with E-state index in [2.05, 4.69) is 39.3 Å². The molecule has 0 N–H and O–H groups in total. The molecule has 2 unspecified atom stereocenters. The lowest BCUT2D eigenvalue weighted by Gasteiger charge is -2.29. The fraction of sp³-hybridized carbons (Fsp3) is 0.769. The number of rotatable bonds is 3. The van der Waals surface area contributed by atoms with Crippen molar-refractivity contribution in [3.05, 3.63) is 12.2 Å². The molecule has 0 bridgehead atoms. The lowest BCUT2D eigenvalue weighted by Crippen LogP contribution is -2.25. The third kappa shape index (κ3) is 2.97. The van der Waals surface area contributed by atoms with Crippen LogP contribution in [0.25, 0.3) is 0 Å². The highest BCUT2D eigenvalue weighted by Gasteiger charge is 2.23. The minimum atomic E-state index is 0.779. The Hall–Kier alpha value is -0.590. The van der Waals surface area contributed by atoms with Crippen LogP contribution in [-0.2, 0) is 0 Å². The van der Waals surface area contributed by atoms with E-state index in [1.807, 2.05) is 0 Å². The molecule has 0 aliphatic carbocycles. The van der Waals surface area contributed by atoms with Gasteiger partial charge in [0.05, 0.1) is 0 Å². The standard InChI is InChI=1S/C13H23N/c1-9(2)6-12-8-14-13(10(3)4)7-11(12)5/h9,11-12H,3,6-8H2,1-2,4-5H3. The predicted octanol–water partition coefficient (Wildman–Crippen LogP) is 3.71. The van der Waals surface area contributed by atoms with Crippen LogP contribution in [0.15, 0.2) is 17.1 Å². The second-order valence-corrected chi connectivity index (χ2v) is 5.14. The topological polar surface area (TPSA) is 12.4 Å². The van der Waals surface area contributed by atoms with Crippen molar-refractivity contribution in [1.82, 2.24) is 0 Å². The minimum absolute atomic E-state index is 0.779. The second-order valence-electron chi connectivity index (χ2n) is 5.14. The van der Waals surface area contributed by atoms with Gasteiger partial charge in [-0.1, -0.05) is 27.4 Å². The highest BCUT2D eigenvalue weighted by molar-refractivity contribution is 5.99. The number of allylic oxidation sites excluding steroid dienone is 1. The van der Waals surface area contributed by atoms with Crippen LogP contribution in [-0.4, -0.2) is 12.3 Å². The summed E-state index contributed by atoms with van der Waals surface area (Å²) in [4.78, 5) is 4.63. The van der Waals surface area contributed by atoms with Crippen LogP contribution in [0, 0.1) is 17.8 Å². The largest absolute Gasteiger partial charge is 0.289 e. The van der Waals surface area contributed by atoms with Gasteiger partial charge in [0.1, 0.15) is 0 Å². The average molecular weight is 193 g/mol. The Bertz CT molecular complexity index is 238. The maximum Gasteiger partial charge on any atom is 0.0423 e. The van der Waals surface area contributed by atoms with Gasteiger partial charge in [-0.2, -0.15) is 0 Å². The molecule has 1 aliphatic rings. The summed E-state index contributed by atoms with van der Waals surface area (Å²) in [6, 6.07) is 0. The van der Waals surface area contributed by atoms with Gasteiger partial charge in [-0.3, -0.25) is 4.99 Å². The summed E-state index contributed by atoms with van der Waals surface area (Å²) in [7, 11) is 0. The highest BCUT2D eigenvalue weighted by atomic mass is 14.8. The fourth-order valence-corrected chi connectivity index (χ4v) is 2.17. The molecule has 1 rings (SSSR count). The number of hydrogen-bond donors (Lipinski definition) is 0. The van der Waals surface area contributed by atoms with Crippen LogP contribution in [0.5, 0.6) is 0 Å². The molecule has 80 valence electrons. The van der Waals surface area contributed by atoms with Crippen molar-refractivity contribution in [2.45, 2.75) is 40.5 Å². The molecule has 0 fully saturated rings. The molecule has 14 heavy (non-hydrogen) atoms. The summed E-state index contributed by atoms with van der Waals surface area (Å²) in [5, 5.41) is 0. The average Bonchev–Trinajstić information content (AvgIpc) is 2.07. The normalized spacial score (nSPS) is 27.6. The Labute approximate surface area is 88.3 Å². The van der Waals surface area contributed by atoms with E-state index < -0.39 is 0 Å². The maximum atomic E-state index is 4.63. The molecule has 0 aromatic heterocycles. The second kappa shape index (κ2) is 4.77. The van der Waals surface area contributed by atoms with Gasteiger partial charge in [0, 0.05) is 12.3 Å². The lowest BCUT2D eigenvalue weighted by molar-refractivity contribution is 0.303. The van der Waals surface area contributed by atoms with Gasteiger partial charge < -0.3 is 0 Å². The molecule has 1 nitrogen and oxygen atoms in total. The fourth-order valence-electron chi connectivity index (χ4n) is 2.17. The maximum absolute atomic E-state index is 4.63.